The first-order valence-corrected chi connectivity index (χ1v) is 12.9. The summed E-state index contributed by atoms with van der Waals surface area (Å²) in [6, 6.07) is 13.4. The highest BCUT2D eigenvalue weighted by Crippen LogP contribution is 2.26. The van der Waals surface area contributed by atoms with Crippen molar-refractivity contribution in [1.29, 1.82) is 0 Å². The number of benzene rings is 2. The van der Waals surface area contributed by atoms with E-state index in [1.807, 2.05) is 0 Å². The van der Waals surface area contributed by atoms with Crippen LogP contribution in [0.3, 0.4) is 0 Å². The third-order valence-electron chi connectivity index (χ3n) is 4.52. The quantitative estimate of drug-likeness (QED) is 0.152. The molecule has 0 saturated carbocycles. The first-order chi connectivity index (χ1) is 17.0. The maximum absolute atomic E-state index is 12.5. The Balaban J connectivity index is 1.44. The molecule has 0 aliphatic rings. The molecule has 0 radical (unpaired) electrons. The first-order valence-electron chi connectivity index (χ1n) is 11.1. The molecule has 0 unspecified atom stereocenters. The zero-order valence-corrected chi connectivity index (χ0v) is 21.0. The molecule has 9 nitrogen and oxygen atoms in total. The number of carbonyl (C=O) groups is 3. The number of ether oxygens (including phenoxy) is 2. The van der Waals surface area contributed by atoms with Gasteiger partial charge in [-0.05, 0) is 61.9 Å². The number of unbranched alkanes of at least 4 members (excludes halogenated alkanes) is 1. The molecule has 0 saturated heterocycles. The van der Waals surface area contributed by atoms with Gasteiger partial charge < -0.3 is 14.8 Å². The highest BCUT2D eigenvalue weighted by molar-refractivity contribution is 8.01. The molecule has 0 fully saturated rings. The second kappa shape index (κ2) is 13.4. The number of thioether (sulfide) groups is 1. The van der Waals surface area contributed by atoms with Crippen molar-refractivity contribution in [2.45, 2.75) is 31.0 Å². The number of aromatic nitrogens is 2. The Morgan fingerprint density at radius 3 is 2.34 bits per heavy atom. The predicted octanol–water partition coefficient (Wildman–Crippen LogP) is 4.88. The van der Waals surface area contributed by atoms with Crippen LogP contribution in [0.15, 0.2) is 52.9 Å². The van der Waals surface area contributed by atoms with Crippen LogP contribution in [0.4, 0.5) is 10.8 Å². The molecule has 0 aliphatic heterocycles. The number of carbonyl (C=O) groups excluding carboxylic acids is 3. The van der Waals surface area contributed by atoms with Gasteiger partial charge in [0.25, 0.3) is 5.91 Å². The van der Waals surface area contributed by atoms with Crippen molar-refractivity contribution < 1.29 is 23.9 Å². The fourth-order valence-electron chi connectivity index (χ4n) is 2.75. The normalized spacial score (nSPS) is 10.5. The topological polar surface area (TPSA) is 120 Å². The van der Waals surface area contributed by atoms with Crippen molar-refractivity contribution in [2.75, 3.05) is 29.6 Å². The molecule has 0 spiro atoms. The monoisotopic (exact) mass is 514 g/mol. The SMILES string of the molecule is CCCCOc1ccc(C(=O)Nc2nnc(SCC(=O)Nc3ccc(C(=O)OCC)cc3)s2)cc1. The van der Waals surface area contributed by atoms with E-state index in [-0.39, 0.29) is 17.6 Å². The van der Waals surface area contributed by atoms with E-state index in [2.05, 4.69) is 27.8 Å². The molecule has 0 atom stereocenters. The number of nitrogens with zero attached hydrogens (tertiary/aromatic N) is 2. The Morgan fingerprint density at radius 1 is 0.943 bits per heavy atom. The third-order valence-corrected chi connectivity index (χ3v) is 6.49. The van der Waals surface area contributed by atoms with Crippen LogP contribution in [-0.2, 0) is 9.53 Å². The molecule has 3 aromatic rings. The lowest BCUT2D eigenvalue weighted by atomic mass is 10.2. The Bertz CT molecular complexity index is 1130. The number of amides is 2. The standard InChI is InChI=1S/C24H26N4O5S2/c1-3-5-14-33-19-12-8-16(9-13-19)21(30)26-23-27-28-24(35-23)34-15-20(29)25-18-10-6-17(7-11-18)22(31)32-4-2/h6-13H,3-5,14-15H2,1-2H3,(H,25,29)(H,26,27,30). The lowest BCUT2D eigenvalue weighted by molar-refractivity contribution is -0.113. The summed E-state index contributed by atoms with van der Waals surface area (Å²) in [6.07, 6.45) is 2.03. The van der Waals surface area contributed by atoms with Gasteiger partial charge in [-0.1, -0.05) is 36.4 Å². The molecule has 2 amide bonds. The predicted molar refractivity (Wildman–Crippen MR) is 136 cm³/mol. The zero-order chi connectivity index (χ0) is 25.0. The highest BCUT2D eigenvalue weighted by atomic mass is 32.2. The number of nitrogens with one attached hydrogen (secondary N) is 2. The van der Waals surface area contributed by atoms with Crippen LogP contribution in [0.2, 0.25) is 0 Å². The van der Waals surface area contributed by atoms with E-state index in [9.17, 15) is 14.4 Å². The van der Waals surface area contributed by atoms with E-state index in [0.717, 1.165) is 18.6 Å². The van der Waals surface area contributed by atoms with Gasteiger partial charge in [0.2, 0.25) is 11.0 Å². The fourth-order valence-corrected chi connectivity index (χ4v) is 4.30. The third kappa shape index (κ3) is 8.37. The van der Waals surface area contributed by atoms with Crippen molar-refractivity contribution in [3.05, 3.63) is 59.7 Å². The second-order valence-electron chi connectivity index (χ2n) is 7.19. The van der Waals surface area contributed by atoms with Gasteiger partial charge in [0.1, 0.15) is 5.75 Å². The highest BCUT2D eigenvalue weighted by Gasteiger charge is 2.13. The largest absolute Gasteiger partial charge is 0.494 e. The second-order valence-corrected chi connectivity index (χ2v) is 9.39. The minimum absolute atomic E-state index is 0.113. The van der Waals surface area contributed by atoms with Gasteiger partial charge in [0, 0.05) is 11.3 Å². The fraction of sp³-hybridized carbons (Fsp3) is 0.292. The van der Waals surface area contributed by atoms with Crippen LogP contribution in [0, 0.1) is 0 Å². The summed E-state index contributed by atoms with van der Waals surface area (Å²) in [7, 11) is 0. The molecule has 2 aromatic carbocycles. The minimum atomic E-state index is -0.409. The van der Waals surface area contributed by atoms with Crippen molar-refractivity contribution in [3.63, 3.8) is 0 Å². The van der Waals surface area contributed by atoms with Crippen molar-refractivity contribution in [1.82, 2.24) is 10.2 Å². The maximum Gasteiger partial charge on any atom is 0.338 e. The van der Waals surface area contributed by atoms with Crippen LogP contribution in [0.5, 0.6) is 5.75 Å². The lowest BCUT2D eigenvalue weighted by Crippen LogP contribution is -2.14. The van der Waals surface area contributed by atoms with E-state index in [1.165, 1.54) is 23.1 Å². The van der Waals surface area contributed by atoms with Crippen LogP contribution >= 0.6 is 23.1 Å². The summed E-state index contributed by atoms with van der Waals surface area (Å²) in [5.41, 5.74) is 1.46. The molecule has 0 aliphatic carbocycles. The van der Waals surface area contributed by atoms with Crippen molar-refractivity contribution in [3.8, 4) is 5.75 Å². The van der Waals surface area contributed by atoms with Gasteiger partial charge in [0.15, 0.2) is 4.34 Å². The minimum Gasteiger partial charge on any atom is -0.494 e. The number of hydrogen-bond acceptors (Lipinski definition) is 9. The van der Waals surface area contributed by atoms with E-state index in [0.29, 0.717) is 39.5 Å². The van der Waals surface area contributed by atoms with Gasteiger partial charge >= 0.3 is 5.97 Å². The summed E-state index contributed by atoms with van der Waals surface area (Å²) in [4.78, 5) is 36.4. The Morgan fingerprint density at radius 2 is 1.66 bits per heavy atom. The van der Waals surface area contributed by atoms with Crippen molar-refractivity contribution in [2.24, 2.45) is 0 Å². The maximum atomic E-state index is 12.5. The molecular weight excluding hydrogens is 488 g/mol. The summed E-state index contributed by atoms with van der Waals surface area (Å²) < 4.78 is 11.1. The van der Waals surface area contributed by atoms with Crippen LogP contribution in [-0.4, -0.2) is 46.9 Å². The molecule has 2 N–H and O–H groups in total. The zero-order valence-electron chi connectivity index (χ0n) is 19.4. The number of hydrogen-bond donors (Lipinski definition) is 2. The lowest BCUT2D eigenvalue weighted by Gasteiger charge is -2.06. The molecule has 184 valence electrons. The van der Waals surface area contributed by atoms with E-state index >= 15 is 0 Å². The van der Waals surface area contributed by atoms with E-state index in [4.69, 9.17) is 9.47 Å². The van der Waals surface area contributed by atoms with Gasteiger partial charge in [0.05, 0.1) is 24.5 Å². The van der Waals surface area contributed by atoms with Crippen LogP contribution < -0.4 is 15.4 Å². The Hall–Kier alpha value is -3.44. The van der Waals surface area contributed by atoms with Crippen molar-refractivity contribution >= 4 is 51.7 Å². The molecule has 11 heteroatoms. The van der Waals surface area contributed by atoms with Gasteiger partial charge in [-0.25, -0.2) is 4.79 Å². The van der Waals surface area contributed by atoms with Crippen LogP contribution in [0.25, 0.3) is 0 Å². The molecule has 1 heterocycles. The van der Waals surface area contributed by atoms with Crippen LogP contribution in [0.1, 0.15) is 47.4 Å². The summed E-state index contributed by atoms with van der Waals surface area (Å²) in [5, 5.41) is 13.8. The Labute approximate surface area is 211 Å². The smallest absolute Gasteiger partial charge is 0.338 e. The summed E-state index contributed by atoms with van der Waals surface area (Å²) >= 11 is 2.39. The average Bonchev–Trinajstić information content (AvgIpc) is 3.31. The first kappa shape index (κ1) is 26.2. The number of esters is 1. The van der Waals surface area contributed by atoms with E-state index in [1.54, 1.807) is 55.5 Å². The molecule has 0 bridgehead atoms. The Kier molecular flexibility index (Phi) is 10.1. The van der Waals surface area contributed by atoms with E-state index < -0.39 is 5.97 Å². The van der Waals surface area contributed by atoms with Gasteiger partial charge in [-0.3, -0.25) is 14.9 Å². The van der Waals surface area contributed by atoms with Gasteiger partial charge in [-0.2, -0.15) is 0 Å². The molecule has 3 rings (SSSR count). The molecular formula is C24H26N4O5S2. The number of rotatable bonds is 12. The van der Waals surface area contributed by atoms with Gasteiger partial charge in [-0.15, -0.1) is 10.2 Å². The summed E-state index contributed by atoms with van der Waals surface area (Å²) in [6.45, 7) is 4.78. The number of anilines is 2. The molecule has 1 aromatic heterocycles. The summed E-state index contributed by atoms with van der Waals surface area (Å²) in [5.74, 6) is -0.115. The average molecular weight is 515 g/mol. The molecule has 35 heavy (non-hydrogen) atoms.